The van der Waals surface area contributed by atoms with Crippen molar-refractivity contribution in [2.75, 3.05) is 0 Å². The Kier molecular flexibility index (Phi) is 364. The quantitative estimate of drug-likeness (QED) is 0.390. The maximum absolute atomic E-state index is 0. The molecule has 0 saturated heterocycles. The van der Waals surface area contributed by atoms with Gasteiger partial charge in [0.25, 0.3) is 0 Å². The van der Waals surface area contributed by atoms with E-state index >= 15 is 0 Å². The zero-order chi connectivity index (χ0) is 0. The predicted octanol–water partition coefficient (Wildman–Crippen LogP) is -6.69. The summed E-state index contributed by atoms with van der Waals surface area (Å²) in [7, 11) is 0. The molecule has 0 rings (SSSR count). The third-order valence-corrected chi connectivity index (χ3v) is 0. The summed E-state index contributed by atoms with van der Waals surface area (Å²) in [6.45, 7) is 0. The van der Waals surface area contributed by atoms with Gasteiger partial charge in [-0.25, -0.2) is 0 Å². The zero-order valence-electron chi connectivity index (χ0n) is 7.96. The normalized spacial score (nSPS) is 0. The van der Waals surface area contributed by atoms with E-state index in [2.05, 4.69) is 0 Å². The van der Waals surface area contributed by atoms with Gasteiger partial charge in [-0.3, -0.25) is 0 Å². The number of hydrogen-bond donors (Lipinski definition) is 0. The van der Waals surface area contributed by atoms with Crippen LogP contribution in [0.3, 0.4) is 0 Å². The van der Waals surface area contributed by atoms with Gasteiger partial charge in [0.05, 0.1) is 0 Å². The zero-order valence-corrected chi connectivity index (χ0v) is 15.5. The van der Waals surface area contributed by atoms with E-state index in [1.54, 1.807) is 0 Å². The Hall–Kier alpha value is 5.01. The van der Waals surface area contributed by atoms with E-state index in [0.29, 0.717) is 0 Å². The molecule has 0 aliphatic heterocycles. The first-order valence-electron chi connectivity index (χ1n) is 0. The van der Waals surface area contributed by atoms with Gasteiger partial charge in [0.2, 0.25) is 0 Å². The van der Waals surface area contributed by atoms with E-state index < -0.39 is 0 Å². The summed E-state index contributed by atoms with van der Waals surface area (Å²) in [5.74, 6) is 0. The minimum absolute atomic E-state index is 0. The first-order valence-corrected chi connectivity index (χ1v) is 0. The topological polar surface area (TPSA) is 0 Å². The standard InChI is InChI=1S/2Ca.2ClH.Mg.Mn.Zn.4H/h;;2*1H;;;;;;;/q2*+2;;;+2;;;4*-1/p-2. The summed E-state index contributed by atoms with van der Waals surface area (Å²) in [6.07, 6.45) is 0. The van der Waals surface area contributed by atoms with Crippen molar-refractivity contribution < 1.29 is 67.1 Å². The van der Waals surface area contributed by atoms with Gasteiger partial charge < -0.3 is 30.5 Å². The third kappa shape index (κ3) is 35.6. The second-order valence-corrected chi connectivity index (χ2v) is 0. The van der Waals surface area contributed by atoms with Crippen LogP contribution in [0.4, 0.5) is 0 Å². The van der Waals surface area contributed by atoms with Crippen LogP contribution in [0, 0.1) is 0 Å². The maximum atomic E-state index is 0. The molecule has 0 fully saturated rings. The Bertz CT molecular complexity index is 26.1. The molecule has 0 heterocycles. The minimum Gasteiger partial charge on any atom is -1.00 e. The van der Waals surface area contributed by atoms with Gasteiger partial charge in [0.15, 0.2) is 0 Å². The van der Waals surface area contributed by atoms with Crippen molar-refractivity contribution in [3.8, 4) is 0 Å². The van der Waals surface area contributed by atoms with Gasteiger partial charge in [-0.15, -0.1) is 0 Å². The average molecular weight is 300 g/mol. The van der Waals surface area contributed by atoms with Crippen LogP contribution in [0.2, 0.25) is 0 Å². The molecule has 7 heteroatoms. The molecule has 0 bridgehead atoms. The molecule has 0 aromatic carbocycles. The van der Waals surface area contributed by atoms with E-state index in [9.17, 15) is 0 Å². The summed E-state index contributed by atoms with van der Waals surface area (Å²) in [4.78, 5) is 0. The molecule has 0 unspecified atom stereocenters. The van der Waals surface area contributed by atoms with Gasteiger partial charge in [-0.1, -0.05) is 0 Å². The van der Waals surface area contributed by atoms with E-state index in [-0.39, 0.29) is 166 Å². The summed E-state index contributed by atoms with van der Waals surface area (Å²) in [5, 5.41) is 0. The Labute approximate surface area is 162 Å². The molecular weight excluding hydrogens is 296 g/mol. The van der Waals surface area contributed by atoms with Gasteiger partial charge in [-0.05, 0) is 0 Å². The van der Waals surface area contributed by atoms with E-state index in [1.165, 1.54) is 0 Å². The van der Waals surface area contributed by atoms with Gasteiger partial charge in [0, 0.05) is 36.5 Å². The minimum atomic E-state index is 0. The fraction of sp³-hybridized carbons (Fsp3) is 0. The Morgan fingerprint density at radius 3 is 0.857 bits per heavy atom. The third-order valence-electron chi connectivity index (χ3n) is 0. The van der Waals surface area contributed by atoms with Gasteiger partial charge in [0.1, 0.15) is 0 Å². The Morgan fingerprint density at radius 2 is 0.857 bits per heavy atom. The molecule has 0 aromatic rings. The summed E-state index contributed by atoms with van der Waals surface area (Å²) in [6, 6.07) is 0. The second kappa shape index (κ2) is 44.0. The molecule has 1 radical (unpaired) electrons. The fourth-order valence-corrected chi connectivity index (χ4v) is 0. The van der Waals surface area contributed by atoms with Crippen molar-refractivity contribution in [3.05, 3.63) is 0 Å². The van der Waals surface area contributed by atoms with E-state index in [4.69, 9.17) is 0 Å². The fourth-order valence-electron chi connectivity index (χ4n) is 0. The SMILES string of the molecule is [Ca+2].[Ca+2].[Cl-].[Cl-].[H-].[H-].[H-].[H-].[Mg+2].[Mn].[Zn]. The molecular formula is H4Ca2Cl2MgMnZn. The molecule has 0 N–H and O–H groups in total. The molecule has 0 saturated carbocycles. The smallest absolute Gasteiger partial charge is 1.00 e. The number of halogens is 2. The van der Waals surface area contributed by atoms with Crippen LogP contribution in [-0.4, -0.2) is 98.5 Å². The maximum Gasteiger partial charge on any atom is 2.00 e. The van der Waals surface area contributed by atoms with E-state index in [0.717, 1.165) is 0 Å². The summed E-state index contributed by atoms with van der Waals surface area (Å²) in [5.41, 5.74) is 0. The average Bonchev–Trinajstić information content (AvgIpc) is 0. The van der Waals surface area contributed by atoms with Crippen molar-refractivity contribution in [1.82, 2.24) is 0 Å². The number of hydrogen-bond acceptors (Lipinski definition) is 0. The molecule has 0 aliphatic carbocycles. The van der Waals surface area contributed by atoms with Gasteiger partial charge >= 0.3 is 98.5 Å². The van der Waals surface area contributed by atoms with Crippen molar-refractivity contribution in [2.45, 2.75) is 0 Å². The molecule has 0 aliphatic rings. The van der Waals surface area contributed by atoms with Crippen LogP contribution in [0.15, 0.2) is 0 Å². The monoisotopic (exact) mass is 297 g/mol. The van der Waals surface area contributed by atoms with Crippen LogP contribution in [-0.2, 0) is 36.5 Å². The van der Waals surface area contributed by atoms with Crippen LogP contribution in [0.1, 0.15) is 5.71 Å². The van der Waals surface area contributed by atoms with Crippen molar-refractivity contribution >= 4 is 98.5 Å². The number of rotatable bonds is 0. The Balaban J connectivity index is 0. The molecule has 0 nitrogen and oxygen atoms in total. The first-order chi connectivity index (χ1) is 0. The van der Waals surface area contributed by atoms with Crippen LogP contribution >= 0.6 is 0 Å². The Morgan fingerprint density at radius 1 is 0.857 bits per heavy atom. The van der Waals surface area contributed by atoms with Crippen LogP contribution < -0.4 is 24.8 Å². The van der Waals surface area contributed by atoms with Gasteiger partial charge in [-0.2, -0.15) is 0 Å². The van der Waals surface area contributed by atoms with Crippen molar-refractivity contribution in [2.24, 2.45) is 0 Å². The van der Waals surface area contributed by atoms with Crippen LogP contribution in [0.25, 0.3) is 0 Å². The molecule has 0 amide bonds. The molecule has 33 valence electrons. The molecule has 0 atom stereocenters. The van der Waals surface area contributed by atoms with E-state index in [1.807, 2.05) is 0 Å². The van der Waals surface area contributed by atoms with Crippen molar-refractivity contribution in [3.63, 3.8) is 0 Å². The molecule has 0 aromatic heterocycles. The predicted molar refractivity (Wildman–Crippen MR) is 21.7 cm³/mol. The molecule has 0 spiro atoms. The van der Waals surface area contributed by atoms with Crippen molar-refractivity contribution in [1.29, 1.82) is 0 Å². The first kappa shape index (κ1) is 58.0. The van der Waals surface area contributed by atoms with Crippen LogP contribution in [0.5, 0.6) is 0 Å². The largest absolute Gasteiger partial charge is 2.00 e. The summed E-state index contributed by atoms with van der Waals surface area (Å²) < 4.78 is 0. The second-order valence-electron chi connectivity index (χ2n) is 0. The summed E-state index contributed by atoms with van der Waals surface area (Å²) >= 11 is 0. The molecule has 7 heavy (non-hydrogen) atoms.